The van der Waals surface area contributed by atoms with Crippen LogP contribution in [0.2, 0.25) is 6.04 Å². The second-order valence-corrected chi connectivity index (χ2v) is 9.29. The van der Waals surface area contributed by atoms with E-state index < -0.39 is 17.9 Å². The van der Waals surface area contributed by atoms with Gasteiger partial charge in [-0.05, 0) is 27.2 Å². The third-order valence-corrected chi connectivity index (χ3v) is 7.96. The van der Waals surface area contributed by atoms with Crippen LogP contribution in [-0.4, -0.2) is 65.6 Å². The SMILES string of the molecule is CCO[Si](CCCO[Si](OC)(OC)OC)(OCC)OCC. The second-order valence-electron chi connectivity index (χ2n) is 4.05. The van der Waals surface area contributed by atoms with Crippen LogP contribution >= 0.6 is 0 Å². The Labute approximate surface area is 130 Å². The molecule has 0 heterocycles. The van der Waals surface area contributed by atoms with Crippen molar-refractivity contribution in [3.63, 3.8) is 0 Å². The summed E-state index contributed by atoms with van der Waals surface area (Å²) in [5.41, 5.74) is 0. The Bertz CT molecular complexity index is 226. The van der Waals surface area contributed by atoms with E-state index in [0.29, 0.717) is 32.5 Å². The Hall–Kier alpha value is 0.154. The molecule has 0 fully saturated rings. The van der Waals surface area contributed by atoms with E-state index in [1.807, 2.05) is 20.8 Å². The van der Waals surface area contributed by atoms with Gasteiger partial charge in [-0.2, -0.15) is 0 Å². The van der Waals surface area contributed by atoms with Gasteiger partial charge in [0, 0.05) is 53.8 Å². The minimum absolute atomic E-state index is 0.434. The Morgan fingerprint density at radius 3 is 1.43 bits per heavy atom. The maximum absolute atomic E-state index is 5.78. The summed E-state index contributed by atoms with van der Waals surface area (Å²) < 4.78 is 38.6. The van der Waals surface area contributed by atoms with Gasteiger partial charge in [-0.1, -0.05) is 0 Å². The summed E-state index contributed by atoms with van der Waals surface area (Å²) in [6, 6.07) is 0.685. The lowest BCUT2D eigenvalue weighted by Crippen LogP contribution is -2.48. The van der Waals surface area contributed by atoms with E-state index in [1.54, 1.807) is 0 Å². The van der Waals surface area contributed by atoms with Crippen LogP contribution in [-0.2, 0) is 31.0 Å². The van der Waals surface area contributed by atoms with E-state index in [-0.39, 0.29) is 0 Å². The normalized spacial score (nSPS) is 12.9. The lowest BCUT2D eigenvalue weighted by molar-refractivity contribution is 0.00430. The van der Waals surface area contributed by atoms with Crippen LogP contribution in [0.1, 0.15) is 27.2 Å². The standard InChI is InChI=1S/C12H30O7Si2/c1-7-16-20(17-8-2,18-9-3)12-10-11-19-21(13-4,14-5)15-6/h7-12H2,1-6H3. The average Bonchev–Trinajstić information content (AvgIpc) is 2.49. The maximum atomic E-state index is 5.78. The summed E-state index contributed by atoms with van der Waals surface area (Å²) in [7, 11) is -1.05. The topological polar surface area (TPSA) is 64.6 Å². The first-order chi connectivity index (χ1) is 10.1. The minimum atomic E-state index is -2.98. The van der Waals surface area contributed by atoms with E-state index >= 15 is 0 Å². The minimum Gasteiger partial charge on any atom is -0.374 e. The highest BCUT2D eigenvalue weighted by Gasteiger charge is 2.43. The predicted octanol–water partition coefficient (Wildman–Crippen LogP) is 1.82. The van der Waals surface area contributed by atoms with Gasteiger partial charge in [0.05, 0.1) is 0 Å². The van der Waals surface area contributed by atoms with E-state index in [9.17, 15) is 0 Å². The predicted molar refractivity (Wildman–Crippen MR) is 82.8 cm³/mol. The van der Waals surface area contributed by atoms with Gasteiger partial charge >= 0.3 is 17.9 Å². The van der Waals surface area contributed by atoms with Crippen molar-refractivity contribution in [2.45, 2.75) is 33.2 Å². The van der Waals surface area contributed by atoms with Crippen molar-refractivity contribution in [2.24, 2.45) is 0 Å². The molecule has 0 aliphatic carbocycles. The molecule has 0 unspecified atom stereocenters. The van der Waals surface area contributed by atoms with Crippen LogP contribution in [0.15, 0.2) is 0 Å². The third kappa shape index (κ3) is 7.30. The summed E-state index contributed by atoms with van der Waals surface area (Å²) >= 11 is 0. The summed E-state index contributed by atoms with van der Waals surface area (Å²) in [4.78, 5) is 0. The molecule has 9 heteroatoms. The Morgan fingerprint density at radius 1 is 0.667 bits per heavy atom. The molecular formula is C12H30O7Si2. The van der Waals surface area contributed by atoms with Crippen molar-refractivity contribution in [3.05, 3.63) is 0 Å². The maximum Gasteiger partial charge on any atom is 0.678 e. The molecule has 0 bridgehead atoms. The molecule has 0 rings (SSSR count). The highest BCUT2D eigenvalue weighted by atomic mass is 28.4. The van der Waals surface area contributed by atoms with Crippen LogP contribution in [0.5, 0.6) is 0 Å². The summed E-state index contributed by atoms with van der Waals surface area (Å²) in [6.07, 6.45) is 0.719. The molecule has 0 aromatic heterocycles. The van der Waals surface area contributed by atoms with Crippen molar-refractivity contribution in [1.82, 2.24) is 0 Å². The third-order valence-electron chi connectivity index (χ3n) is 2.75. The van der Waals surface area contributed by atoms with Crippen molar-refractivity contribution in [1.29, 1.82) is 0 Å². The van der Waals surface area contributed by atoms with E-state index in [1.165, 1.54) is 21.3 Å². The number of rotatable bonds is 14. The quantitative estimate of drug-likeness (QED) is 0.352. The van der Waals surface area contributed by atoms with Gasteiger partial charge in [-0.15, -0.1) is 0 Å². The lowest BCUT2D eigenvalue weighted by atomic mass is 10.5. The van der Waals surface area contributed by atoms with E-state index in [2.05, 4.69) is 0 Å². The molecule has 0 amide bonds. The van der Waals surface area contributed by atoms with Gasteiger partial charge in [0.15, 0.2) is 0 Å². The summed E-state index contributed by atoms with van der Waals surface area (Å²) in [5, 5.41) is 0. The van der Waals surface area contributed by atoms with Crippen molar-refractivity contribution in [3.8, 4) is 0 Å². The summed E-state index contributed by atoms with van der Waals surface area (Å²) in [6.45, 7) is 7.96. The molecule has 0 aliphatic rings. The Balaban J connectivity index is 4.41. The molecule has 0 spiro atoms. The zero-order valence-corrected chi connectivity index (χ0v) is 16.1. The zero-order valence-electron chi connectivity index (χ0n) is 14.1. The van der Waals surface area contributed by atoms with Crippen LogP contribution in [0.3, 0.4) is 0 Å². The molecule has 128 valence electrons. The highest BCUT2D eigenvalue weighted by Crippen LogP contribution is 2.19. The largest absolute Gasteiger partial charge is 0.678 e. The molecule has 0 N–H and O–H groups in total. The fraction of sp³-hybridized carbons (Fsp3) is 1.00. The monoisotopic (exact) mass is 342 g/mol. The molecule has 0 radical (unpaired) electrons. The van der Waals surface area contributed by atoms with Gasteiger partial charge in [-0.3, -0.25) is 0 Å². The fourth-order valence-electron chi connectivity index (χ4n) is 1.91. The zero-order chi connectivity index (χ0) is 16.2. The van der Waals surface area contributed by atoms with Gasteiger partial charge in [-0.25, -0.2) is 0 Å². The van der Waals surface area contributed by atoms with E-state index in [0.717, 1.165) is 6.42 Å². The molecule has 0 aromatic carbocycles. The smallest absolute Gasteiger partial charge is 0.374 e. The van der Waals surface area contributed by atoms with Crippen molar-refractivity contribution < 1.29 is 31.0 Å². The van der Waals surface area contributed by atoms with Crippen molar-refractivity contribution in [2.75, 3.05) is 47.8 Å². The molecule has 0 aromatic rings. The number of hydrogen-bond acceptors (Lipinski definition) is 7. The summed E-state index contributed by atoms with van der Waals surface area (Å²) in [5.74, 6) is 0. The Kier molecular flexibility index (Phi) is 11.8. The Morgan fingerprint density at radius 2 is 1.10 bits per heavy atom. The number of hydrogen-bond donors (Lipinski definition) is 0. The highest BCUT2D eigenvalue weighted by molar-refractivity contribution is 6.60. The van der Waals surface area contributed by atoms with Gasteiger partial charge < -0.3 is 31.0 Å². The lowest BCUT2D eigenvalue weighted by Gasteiger charge is -2.29. The van der Waals surface area contributed by atoms with Crippen LogP contribution in [0.4, 0.5) is 0 Å². The van der Waals surface area contributed by atoms with Gasteiger partial charge in [0.25, 0.3) is 0 Å². The molecule has 0 aliphatic heterocycles. The molecular weight excluding hydrogens is 312 g/mol. The van der Waals surface area contributed by atoms with Crippen LogP contribution in [0, 0.1) is 0 Å². The second kappa shape index (κ2) is 11.7. The fourth-order valence-corrected chi connectivity index (χ4v) is 5.74. The van der Waals surface area contributed by atoms with Crippen LogP contribution < -0.4 is 0 Å². The molecule has 7 nitrogen and oxygen atoms in total. The molecule has 0 saturated heterocycles. The first kappa shape index (κ1) is 21.2. The first-order valence-corrected chi connectivity index (χ1v) is 10.8. The van der Waals surface area contributed by atoms with Crippen molar-refractivity contribution >= 4 is 17.9 Å². The molecule has 21 heavy (non-hydrogen) atoms. The van der Waals surface area contributed by atoms with Gasteiger partial charge in [0.2, 0.25) is 0 Å². The van der Waals surface area contributed by atoms with E-state index in [4.69, 9.17) is 31.0 Å². The van der Waals surface area contributed by atoms with Crippen LogP contribution in [0.25, 0.3) is 0 Å². The average molecular weight is 343 g/mol. The molecule has 0 atom stereocenters. The first-order valence-electron chi connectivity index (χ1n) is 7.28. The molecule has 0 saturated carbocycles. The van der Waals surface area contributed by atoms with Gasteiger partial charge in [0.1, 0.15) is 0 Å².